The summed E-state index contributed by atoms with van der Waals surface area (Å²) in [6, 6.07) is 8.10. The van der Waals surface area contributed by atoms with Crippen LogP contribution in [0.1, 0.15) is 58.1 Å². The van der Waals surface area contributed by atoms with Gasteiger partial charge < -0.3 is 4.74 Å². The van der Waals surface area contributed by atoms with Gasteiger partial charge in [0.1, 0.15) is 11.6 Å². The molecule has 1 rings (SSSR count). The predicted octanol–water partition coefficient (Wildman–Crippen LogP) is 3.93. The van der Waals surface area contributed by atoms with E-state index in [1.54, 1.807) is 0 Å². The van der Waals surface area contributed by atoms with Crippen LogP contribution in [0, 0.1) is 0 Å². The summed E-state index contributed by atoms with van der Waals surface area (Å²) in [7, 11) is 3.81. The Morgan fingerprint density at radius 1 is 1.29 bits per heavy atom. The zero-order valence-electron chi connectivity index (χ0n) is 14.4. The van der Waals surface area contributed by atoms with E-state index in [-0.39, 0.29) is 12.0 Å². The molecule has 0 aliphatic heterocycles. The molecule has 0 radical (unpaired) electrons. The molecule has 0 N–H and O–H groups in total. The van der Waals surface area contributed by atoms with Gasteiger partial charge in [-0.15, -0.1) is 0 Å². The SMILES string of the molecule is CCC(C(=O)OC(C)(C)c1cccc(C(C)C)c1)N(C)C. The first kappa shape index (κ1) is 17.7. The van der Waals surface area contributed by atoms with Gasteiger partial charge in [-0.1, -0.05) is 45.0 Å². The molecule has 0 amide bonds. The molecule has 0 spiro atoms. The molecule has 118 valence electrons. The lowest BCUT2D eigenvalue weighted by Crippen LogP contribution is -2.40. The Morgan fingerprint density at radius 3 is 2.38 bits per heavy atom. The molecule has 0 saturated heterocycles. The van der Waals surface area contributed by atoms with Crippen molar-refractivity contribution < 1.29 is 9.53 Å². The van der Waals surface area contributed by atoms with Gasteiger partial charge in [-0.2, -0.15) is 0 Å². The highest BCUT2D eigenvalue weighted by molar-refractivity contribution is 5.76. The number of benzene rings is 1. The number of hydrogen-bond acceptors (Lipinski definition) is 3. The third-order valence-electron chi connectivity index (χ3n) is 3.89. The van der Waals surface area contributed by atoms with Crippen LogP contribution >= 0.6 is 0 Å². The van der Waals surface area contributed by atoms with Crippen LogP contribution < -0.4 is 0 Å². The molecule has 1 atom stereocenters. The Bertz CT molecular complexity index is 478. The Kier molecular flexibility index (Phi) is 5.97. The minimum Gasteiger partial charge on any atom is -0.454 e. The van der Waals surface area contributed by atoms with Crippen molar-refractivity contribution in [3.63, 3.8) is 0 Å². The van der Waals surface area contributed by atoms with E-state index < -0.39 is 5.60 Å². The summed E-state index contributed by atoms with van der Waals surface area (Å²) in [5.74, 6) is 0.295. The summed E-state index contributed by atoms with van der Waals surface area (Å²) in [4.78, 5) is 14.3. The number of hydrogen-bond donors (Lipinski definition) is 0. The Morgan fingerprint density at radius 2 is 1.90 bits per heavy atom. The van der Waals surface area contributed by atoms with Crippen molar-refractivity contribution in [1.29, 1.82) is 0 Å². The van der Waals surface area contributed by atoms with Crippen LogP contribution in [0.2, 0.25) is 0 Å². The first-order valence-electron chi connectivity index (χ1n) is 7.68. The largest absolute Gasteiger partial charge is 0.454 e. The third kappa shape index (κ3) is 4.57. The summed E-state index contributed by atoms with van der Waals surface area (Å²) in [5.41, 5.74) is 1.68. The molecule has 0 fully saturated rings. The maximum atomic E-state index is 12.4. The van der Waals surface area contributed by atoms with Gasteiger partial charge in [0.25, 0.3) is 0 Å². The van der Waals surface area contributed by atoms with E-state index in [1.165, 1.54) is 5.56 Å². The number of esters is 1. The van der Waals surface area contributed by atoms with Gasteiger partial charge in [-0.05, 0) is 51.4 Å². The average molecular weight is 291 g/mol. The summed E-state index contributed by atoms with van der Waals surface area (Å²) in [6.45, 7) is 10.2. The second kappa shape index (κ2) is 7.08. The molecule has 3 heteroatoms. The zero-order valence-corrected chi connectivity index (χ0v) is 14.4. The molecular weight excluding hydrogens is 262 g/mol. The van der Waals surface area contributed by atoms with Crippen LogP contribution in [-0.4, -0.2) is 31.0 Å². The number of likely N-dealkylation sites (N-methyl/N-ethyl adjacent to an activating group) is 1. The average Bonchev–Trinajstić information content (AvgIpc) is 2.38. The van der Waals surface area contributed by atoms with Crippen molar-refractivity contribution in [1.82, 2.24) is 4.90 Å². The number of carbonyl (C=O) groups excluding carboxylic acids is 1. The molecule has 0 heterocycles. The van der Waals surface area contributed by atoms with Crippen LogP contribution in [0.15, 0.2) is 24.3 Å². The van der Waals surface area contributed by atoms with E-state index in [0.717, 1.165) is 12.0 Å². The number of ether oxygens (including phenoxy) is 1. The summed E-state index contributed by atoms with van der Waals surface area (Å²) >= 11 is 0. The van der Waals surface area contributed by atoms with E-state index >= 15 is 0 Å². The van der Waals surface area contributed by atoms with E-state index in [0.29, 0.717) is 5.92 Å². The van der Waals surface area contributed by atoms with Crippen LogP contribution in [-0.2, 0) is 15.1 Å². The molecule has 1 aromatic carbocycles. The number of carbonyl (C=O) groups is 1. The van der Waals surface area contributed by atoms with E-state index in [9.17, 15) is 4.79 Å². The van der Waals surface area contributed by atoms with Crippen molar-refractivity contribution in [2.45, 2.75) is 58.6 Å². The summed E-state index contributed by atoms with van der Waals surface area (Å²) in [5, 5.41) is 0. The van der Waals surface area contributed by atoms with Crippen LogP contribution in [0.25, 0.3) is 0 Å². The maximum absolute atomic E-state index is 12.4. The van der Waals surface area contributed by atoms with Gasteiger partial charge in [0, 0.05) is 0 Å². The molecule has 1 aromatic rings. The second-order valence-corrected chi connectivity index (χ2v) is 6.60. The van der Waals surface area contributed by atoms with Gasteiger partial charge in [-0.3, -0.25) is 9.69 Å². The lowest BCUT2D eigenvalue weighted by atomic mass is 9.93. The minimum absolute atomic E-state index is 0.164. The number of nitrogens with zero attached hydrogens (tertiary/aromatic N) is 1. The highest BCUT2D eigenvalue weighted by Crippen LogP contribution is 2.28. The normalized spacial score (nSPS) is 13.6. The molecule has 1 unspecified atom stereocenters. The summed E-state index contributed by atoms with van der Waals surface area (Å²) < 4.78 is 5.79. The van der Waals surface area contributed by atoms with Gasteiger partial charge >= 0.3 is 5.97 Å². The minimum atomic E-state index is -0.620. The molecule has 21 heavy (non-hydrogen) atoms. The van der Waals surface area contributed by atoms with Gasteiger partial charge in [0.05, 0.1) is 0 Å². The Labute approximate surface area is 129 Å². The molecule has 0 bridgehead atoms. The first-order chi connectivity index (χ1) is 9.69. The standard InChI is InChI=1S/C18H29NO2/c1-8-16(19(6)7)17(20)21-18(4,5)15-11-9-10-14(12-15)13(2)3/h9-13,16H,8H2,1-7H3. The summed E-state index contributed by atoms with van der Waals surface area (Å²) in [6.07, 6.45) is 0.744. The van der Waals surface area contributed by atoms with Crippen LogP contribution in [0.4, 0.5) is 0 Å². The van der Waals surface area contributed by atoms with Gasteiger partial charge in [-0.25, -0.2) is 0 Å². The maximum Gasteiger partial charge on any atom is 0.324 e. The topological polar surface area (TPSA) is 29.5 Å². The van der Waals surface area contributed by atoms with E-state index in [1.807, 2.05) is 51.9 Å². The smallest absolute Gasteiger partial charge is 0.324 e. The predicted molar refractivity (Wildman–Crippen MR) is 87.4 cm³/mol. The lowest BCUT2D eigenvalue weighted by Gasteiger charge is -2.30. The monoisotopic (exact) mass is 291 g/mol. The van der Waals surface area contributed by atoms with Crippen molar-refractivity contribution in [2.75, 3.05) is 14.1 Å². The van der Waals surface area contributed by atoms with Crippen LogP contribution in [0.3, 0.4) is 0 Å². The molecule has 3 nitrogen and oxygen atoms in total. The van der Waals surface area contributed by atoms with Crippen molar-refractivity contribution in [2.24, 2.45) is 0 Å². The fourth-order valence-electron chi connectivity index (χ4n) is 2.39. The second-order valence-electron chi connectivity index (χ2n) is 6.60. The molecule has 0 saturated carbocycles. The van der Waals surface area contributed by atoms with Crippen molar-refractivity contribution in [3.8, 4) is 0 Å². The molecule has 0 aliphatic carbocycles. The van der Waals surface area contributed by atoms with Gasteiger partial charge in [0.2, 0.25) is 0 Å². The Hall–Kier alpha value is -1.35. The molecule has 0 aliphatic rings. The third-order valence-corrected chi connectivity index (χ3v) is 3.89. The van der Waals surface area contributed by atoms with Crippen molar-refractivity contribution >= 4 is 5.97 Å². The Balaban J connectivity index is 2.95. The molecule has 0 aromatic heterocycles. The highest BCUT2D eigenvalue weighted by atomic mass is 16.6. The fourth-order valence-corrected chi connectivity index (χ4v) is 2.39. The fraction of sp³-hybridized carbons (Fsp3) is 0.611. The van der Waals surface area contributed by atoms with Gasteiger partial charge in [0.15, 0.2) is 0 Å². The molecular formula is C18H29NO2. The van der Waals surface area contributed by atoms with E-state index in [4.69, 9.17) is 4.74 Å². The lowest BCUT2D eigenvalue weighted by molar-refractivity contribution is -0.163. The zero-order chi connectivity index (χ0) is 16.2. The first-order valence-corrected chi connectivity index (χ1v) is 7.68. The van der Waals surface area contributed by atoms with Crippen molar-refractivity contribution in [3.05, 3.63) is 35.4 Å². The van der Waals surface area contributed by atoms with E-state index in [2.05, 4.69) is 26.0 Å². The van der Waals surface area contributed by atoms with Crippen LogP contribution in [0.5, 0.6) is 0 Å². The number of rotatable bonds is 6. The quantitative estimate of drug-likeness (QED) is 0.744. The highest BCUT2D eigenvalue weighted by Gasteiger charge is 2.30.